The number of hydrogen-bond donors (Lipinski definition) is 1. The first-order valence-electron chi connectivity index (χ1n) is 8.74. The minimum Gasteiger partial charge on any atom is -0.497 e. The van der Waals surface area contributed by atoms with E-state index in [1.807, 2.05) is 62.6 Å². The van der Waals surface area contributed by atoms with Gasteiger partial charge >= 0.3 is 0 Å². The van der Waals surface area contributed by atoms with Crippen molar-refractivity contribution in [1.29, 1.82) is 0 Å². The number of nitrogens with one attached hydrogen (secondary N) is 1. The van der Waals surface area contributed by atoms with Gasteiger partial charge in [-0.2, -0.15) is 0 Å². The van der Waals surface area contributed by atoms with Crippen LogP contribution in [0.15, 0.2) is 48.5 Å². The van der Waals surface area contributed by atoms with E-state index in [2.05, 4.69) is 10.2 Å². The molecule has 0 aliphatic rings. The number of carbonyl (C=O) groups excluding carboxylic acids is 1. The van der Waals surface area contributed by atoms with E-state index in [0.717, 1.165) is 22.6 Å². The first kappa shape index (κ1) is 19.8. The molecule has 0 aliphatic heterocycles. The standard InChI is InChI=1S/C21H28N2O3/c1-23(2)19(16-9-12-18(25-3)13-10-16)15-22-21(24)14-11-17-7-5-6-8-20(17)26-4/h5-10,12-13,19H,11,14-15H2,1-4H3,(H,22,24). The highest BCUT2D eigenvalue weighted by molar-refractivity contribution is 5.76. The summed E-state index contributed by atoms with van der Waals surface area (Å²) in [6, 6.07) is 15.8. The molecule has 1 unspecified atom stereocenters. The normalized spacial score (nSPS) is 11.9. The van der Waals surface area contributed by atoms with Crippen LogP contribution in [0.1, 0.15) is 23.6 Å². The maximum atomic E-state index is 12.3. The minimum absolute atomic E-state index is 0.0382. The van der Waals surface area contributed by atoms with Crippen molar-refractivity contribution < 1.29 is 14.3 Å². The summed E-state index contributed by atoms with van der Waals surface area (Å²) >= 11 is 0. The van der Waals surface area contributed by atoms with E-state index in [-0.39, 0.29) is 11.9 Å². The second-order valence-corrected chi connectivity index (χ2v) is 6.37. The molecule has 0 saturated heterocycles. The molecule has 1 amide bonds. The molecule has 0 spiro atoms. The van der Waals surface area contributed by atoms with Crippen molar-refractivity contribution >= 4 is 5.91 Å². The third kappa shape index (κ3) is 5.49. The van der Waals surface area contributed by atoms with E-state index in [1.54, 1.807) is 14.2 Å². The Kier molecular flexibility index (Phi) is 7.48. The number of methoxy groups -OCH3 is 2. The molecule has 5 nitrogen and oxygen atoms in total. The van der Waals surface area contributed by atoms with Gasteiger partial charge in [0.15, 0.2) is 0 Å². The Bertz CT molecular complexity index is 699. The Morgan fingerprint density at radius 2 is 1.73 bits per heavy atom. The maximum Gasteiger partial charge on any atom is 0.220 e. The first-order chi connectivity index (χ1) is 12.5. The highest BCUT2D eigenvalue weighted by atomic mass is 16.5. The summed E-state index contributed by atoms with van der Waals surface area (Å²) in [5, 5.41) is 3.05. The molecule has 1 N–H and O–H groups in total. The second-order valence-electron chi connectivity index (χ2n) is 6.37. The summed E-state index contributed by atoms with van der Waals surface area (Å²) in [7, 11) is 7.32. The van der Waals surface area contributed by atoms with Crippen LogP contribution in [0.2, 0.25) is 0 Å². The predicted octanol–water partition coefficient (Wildman–Crippen LogP) is 3.06. The van der Waals surface area contributed by atoms with Crippen LogP contribution in [0.5, 0.6) is 11.5 Å². The molecule has 0 heterocycles. The topological polar surface area (TPSA) is 50.8 Å². The molecule has 2 aromatic carbocycles. The van der Waals surface area contributed by atoms with Crippen LogP contribution in [-0.4, -0.2) is 45.7 Å². The van der Waals surface area contributed by atoms with Crippen LogP contribution in [0, 0.1) is 0 Å². The third-order valence-corrected chi connectivity index (χ3v) is 4.43. The molecule has 2 aromatic rings. The molecular formula is C21H28N2O3. The second kappa shape index (κ2) is 9.82. The lowest BCUT2D eigenvalue weighted by atomic mass is 10.1. The van der Waals surface area contributed by atoms with Crippen molar-refractivity contribution in [3.8, 4) is 11.5 Å². The van der Waals surface area contributed by atoms with E-state index in [1.165, 1.54) is 0 Å². The zero-order chi connectivity index (χ0) is 18.9. The number of amides is 1. The molecule has 0 radical (unpaired) electrons. The molecular weight excluding hydrogens is 328 g/mol. The largest absolute Gasteiger partial charge is 0.497 e. The number of benzene rings is 2. The van der Waals surface area contributed by atoms with Gasteiger partial charge in [0.1, 0.15) is 11.5 Å². The average molecular weight is 356 g/mol. The van der Waals surface area contributed by atoms with Gasteiger partial charge in [0.25, 0.3) is 0 Å². The molecule has 0 aromatic heterocycles. The Morgan fingerprint density at radius 3 is 2.35 bits per heavy atom. The van der Waals surface area contributed by atoms with Gasteiger partial charge in [0.2, 0.25) is 5.91 Å². The van der Waals surface area contributed by atoms with E-state index >= 15 is 0 Å². The van der Waals surface area contributed by atoms with Crippen molar-refractivity contribution in [2.75, 3.05) is 34.9 Å². The number of ether oxygens (including phenoxy) is 2. The van der Waals surface area contributed by atoms with E-state index in [0.29, 0.717) is 19.4 Å². The number of likely N-dealkylation sites (N-methyl/N-ethyl adjacent to an activating group) is 1. The van der Waals surface area contributed by atoms with Crippen molar-refractivity contribution in [1.82, 2.24) is 10.2 Å². The maximum absolute atomic E-state index is 12.3. The van der Waals surface area contributed by atoms with Crippen LogP contribution < -0.4 is 14.8 Å². The van der Waals surface area contributed by atoms with Gasteiger partial charge in [-0.1, -0.05) is 30.3 Å². The van der Waals surface area contributed by atoms with Crippen molar-refractivity contribution in [3.63, 3.8) is 0 Å². The van der Waals surface area contributed by atoms with Gasteiger partial charge in [-0.3, -0.25) is 4.79 Å². The van der Waals surface area contributed by atoms with Crippen LogP contribution in [0.4, 0.5) is 0 Å². The summed E-state index contributed by atoms with van der Waals surface area (Å²) < 4.78 is 10.5. The highest BCUT2D eigenvalue weighted by Crippen LogP contribution is 2.21. The first-order valence-corrected chi connectivity index (χ1v) is 8.74. The Morgan fingerprint density at radius 1 is 1.04 bits per heavy atom. The molecule has 1 atom stereocenters. The fourth-order valence-electron chi connectivity index (χ4n) is 2.88. The number of rotatable bonds is 9. The van der Waals surface area contributed by atoms with Gasteiger partial charge in [-0.05, 0) is 49.8 Å². The number of hydrogen-bond acceptors (Lipinski definition) is 4. The summed E-state index contributed by atoms with van der Waals surface area (Å²) in [5.74, 6) is 1.69. The van der Waals surface area contributed by atoms with Crippen LogP contribution >= 0.6 is 0 Å². The molecule has 0 aliphatic carbocycles. The van der Waals surface area contributed by atoms with Gasteiger partial charge < -0.3 is 19.7 Å². The smallest absolute Gasteiger partial charge is 0.220 e. The van der Waals surface area contributed by atoms with Gasteiger partial charge in [-0.25, -0.2) is 0 Å². The SMILES string of the molecule is COc1ccc(C(CNC(=O)CCc2ccccc2OC)N(C)C)cc1. The van der Waals surface area contributed by atoms with E-state index in [4.69, 9.17) is 9.47 Å². The molecule has 0 bridgehead atoms. The molecule has 5 heteroatoms. The molecule has 140 valence electrons. The van der Waals surface area contributed by atoms with Gasteiger partial charge in [0.05, 0.1) is 20.3 Å². The van der Waals surface area contributed by atoms with E-state index < -0.39 is 0 Å². The quantitative estimate of drug-likeness (QED) is 0.750. The fourth-order valence-corrected chi connectivity index (χ4v) is 2.88. The summed E-state index contributed by atoms with van der Waals surface area (Å²) in [6.07, 6.45) is 1.09. The Hall–Kier alpha value is -2.53. The van der Waals surface area contributed by atoms with Crippen LogP contribution in [-0.2, 0) is 11.2 Å². The Balaban J connectivity index is 1.90. The van der Waals surface area contributed by atoms with Crippen molar-refractivity contribution in [3.05, 3.63) is 59.7 Å². The Labute approximate surface area is 155 Å². The number of carbonyl (C=O) groups is 1. The number of para-hydroxylation sites is 1. The zero-order valence-electron chi connectivity index (χ0n) is 16.0. The third-order valence-electron chi connectivity index (χ3n) is 4.43. The fraction of sp³-hybridized carbons (Fsp3) is 0.381. The number of nitrogens with zero attached hydrogens (tertiary/aromatic N) is 1. The van der Waals surface area contributed by atoms with Crippen LogP contribution in [0.25, 0.3) is 0 Å². The number of aryl methyl sites for hydroxylation is 1. The monoisotopic (exact) mass is 356 g/mol. The van der Waals surface area contributed by atoms with Crippen LogP contribution in [0.3, 0.4) is 0 Å². The van der Waals surface area contributed by atoms with E-state index in [9.17, 15) is 4.79 Å². The zero-order valence-corrected chi connectivity index (χ0v) is 16.0. The minimum atomic E-state index is 0.0382. The molecule has 26 heavy (non-hydrogen) atoms. The molecule has 0 fully saturated rings. The highest BCUT2D eigenvalue weighted by Gasteiger charge is 2.15. The summed E-state index contributed by atoms with van der Waals surface area (Å²) in [5.41, 5.74) is 2.19. The molecule has 0 saturated carbocycles. The lowest BCUT2D eigenvalue weighted by Gasteiger charge is -2.25. The average Bonchev–Trinajstić information content (AvgIpc) is 2.67. The lowest BCUT2D eigenvalue weighted by molar-refractivity contribution is -0.121. The van der Waals surface area contributed by atoms with Gasteiger partial charge in [0, 0.05) is 13.0 Å². The van der Waals surface area contributed by atoms with Gasteiger partial charge in [-0.15, -0.1) is 0 Å². The van der Waals surface area contributed by atoms with Crippen molar-refractivity contribution in [2.24, 2.45) is 0 Å². The predicted molar refractivity (Wildman–Crippen MR) is 104 cm³/mol. The summed E-state index contributed by atoms with van der Waals surface area (Å²) in [4.78, 5) is 14.4. The molecule has 2 rings (SSSR count). The lowest BCUT2D eigenvalue weighted by Crippen LogP contribution is -2.34. The van der Waals surface area contributed by atoms with Crippen molar-refractivity contribution in [2.45, 2.75) is 18.9 Å². The summed E-state index contributed by atoms with van der Waals surface area (Å²) in [6.45, 7) is 0.560.